The van der Waals surface area contributed by atoms with Crippen molar-refractivity contribution >= 4 is 17.9 Å². The number of hydrogen-bond donors (Lipinski definition) is 0. The SMILES string of the molecule is CCCCCCCCCCCCCCCCCCCCCC(=O)OC[C@H](COC(=O)CCCCCCCCCCCCCCCC(C)C)OC(=O)CCCCCCCCCCCCCCCCC(C)CC. The van der Waals surface area contributed by atoms with E-state index in [-0.39, 0.29) is 31.1 Å². The summed E-state index contributed by atoms with van der Waals surface area (Å²) >= 11 is 0. The fourth-order valence-electron chi connectivity index (χ4n) is 10.1. The highest BCUT2D eigenvalue weighted by Crippen LogP contribution is 2.19. The van der Waals surface area contributed by atoms with Crippen LogP contribution in [0, 0.1) is 11.8 Å². The second-order valence-electron chi connectivity index (χ2n) is 23.1. The minimum atomic E-state index is -0.764. The van der Waals surface area contributed by atoms with E-state index in [0.717, 1.165) is 69.6 Å². The molecule has 0 aromatic heterocycles. The van der Waals surface area contributed by atoms with Crippen LogP contribution in [0.4, 0.5) is 0 Å². The molecular formula is C65H126O6. The molecule has 0 bridgehead atoms. The van der Waals surface area contributed by atoms with Gasteiger partial charge in [-0.3, -0.25) is 14.4 Å². The van der Waals surface area contributed by atoms with Crippen LogP contribution >= 0.6 is 0 Å². The molecule has 6 nitrogen and oxygen atoms in total. The summed E-state index contributed by atoms with van der Waals surface area (Å²) < 4.78 is 17.0. The van der Waals surface area contributed by atoms with Gasteiger partial charge in [-0.2, -0.15) is 0 Å². The van der Waals surface area contributed by atoms with Gasteiger partial charge in [0.05, 0.1) is 0 Å². The summed E-state index contributed by atoms with van der Waals surface area (Å²) in [6, 6.07) is 0. The number of ether oxygens (including phenoxy) is 3. The average molecular weight is 1000 g/mol. The first-order chi connectivity index (χ1) is 34.8. The van der Waals surface area contributed by atoms with Crippen molar-refractivity contribution in [2.45, 2.75) is 375 Å². The molecule has 1 unspecified atom stereocenters. The second kappa shape index (κ2) is 57.7. The minimum absolute atomic E-state index is 0.0618. The van der Waals surface area contributed by atoms with Crippen LogP contribution in [0.1, 0.15) is 369 Å². The quantitative estimate of drug-likeness (QED) is 0.0343. The molecule has 0 heterocycles. The Hall–Kier alpha value is -1.59. The Morgan fingerprint density at radius 3 is 0.803 bits per heavy atom. The lowest BCUT2D eigenvalue weighted by Gasteiger charge is -2.18. The Morgan fingerprint density at radius 1 is 0.296 bits per heavy atom. The molecular weight excluding hydrogens is 877 g/mol. The van der Waals surface area contributed by atoms with Gasteiger partial charge in [0.1, 0.15) is 13.2 Å². The molecule has 0 rings (SSSR count). The molecule has 6 heteroatoms. The number of hydrogen-bond acceptors (Lipinski definition) is 6. The highest BCUT2D eigenvalue weighted by atomic mass is 16.6. The standard InChI is InChI=1S/C65H126O6/c1-6-8-9-10-11-12-13-14-15-16-17-18-19-25-30-35-40-45-50-55-63(66)69-58-62(59-70-64(67)56-51-46-41-36-31-27-22-23-28-33-38-43-48-53-60(3)4)71-65(68)57-52-47-42-37-32-26-21-20-24-29-34-39-44-49-54-61(5)7-2/h60-62H,6-59H2,1-5H3/t61?,62-/m1/s1. The van der Waals surface area contributed by atoms with E-state index in [1.807, 2.05) is 0 Å². The van der Waals surface area contributed by atoms with Crippen molar-refractivity contribution in [3.8, 4) is 0 Å². The van der Waals surface area contributed by atoms with E-state index in [2.05, 4.69) is 34.6 Å². The summed E-state index contributed by atoms with van der Waals surface area (Å²) in [6.45, 7) is 11.5. The van der Waals surface area contributed by atoms with E-state index in [1.54, 1.807) is 0 Å². The molecule has 0 aliphatic heterocycles. The maximum atomic E-state index is 12.9. The third-order valence-electron chi connectivity index (χ3n) is 15.3. The van der Waals surface area contributed by atoms with Gasteiger partial charge in [-0.1, -0.05) is 330 Å². The van der Waals surface area contributed by atoms with Crippen LogP contribution in [0.15, 0.2) is 0 Å². The van der Waals surface area contributed by atoms with Crippen LogP contribution < -0.4 is 0 Å². The second-order valence-corrected chi connectivity index (χ2v) is 23.1. The van der Waals surface area contributed by atoms with Gasteiger partial charge in [-0.05, 0) is 31.1 Å². The molecule has 2 atom stereocenters. The Morgan fingerprint density at radius 2 is 0.535 bits per heavy atom. The normalized spacial score (nSPS) is 12.4. The van der Waals surface area contributed by atoms with Gasteiger partial charge in [0.15, 0.2) is 6.10 Å². The number of unbranched alkanes of at least 4 members (excludes halogenated alkanes) is 43. The van der Waals surface area contributed by atoms with Crippen molar-refractivity contribution in [3.63, 3.8) is 0 Å². The van der Waals surface area contributed by atoms with E-state index >= 15 is 0 Å². The summed E-state index contributed by atoms with van der Waals surface area (Å²) in [5.41, 5.74) is 0. The monoisotopic (exact) mass is 1000 g/mol. The average Bonchev–Trinajstić information content (AvgIpc) is 3.36. The van der Waals surface area contributed by atoms with Gasteiger partial charge < -0.3 is 14.2 Å². The molecule has 71 heavy (non-hydrogen) atoms. The van der Waals surface area contributed by atoms with Crippen LogP contribution in [-0.4, -0.2) is 37.2 Å². The Kier molecular flexibility index (Phi) is 56.4. The van der Waals surface area contributed by atoms with Crippen LogP contribution in [0.25, 0.3) is 0 Å². The zero-order valence-electron chi connectivity index (χ0n) is 48.9. The lowest BCUT2D eigenvalue weighted by Crippen LogP contribution is -2.30. The highest BCUT2D eigenvalue weighted by Gasteiger charge is 2.19. The first kappa shape index (κ1) is 69.4. The van der Waals surface area contributed by atoms with Crippen molar-refractivity contribution in [2.24, 2.45) is 11.8 Å². The summed E-state index contributed by atoms with van der Waals surface area (Å²) in [6.07, 6.45) is 63.8. The Balaban J connectivity index is 4.29. The Bertz CT molecular complexity index is 1090. The fourth-order valence-corrected chi connectivity index (χ4v) is 10.1. The number of esters is 3. The van der Waals surface area contributed by atoms with Gasteiger partial charge in [0.25, 0.3) is 0 Å². The first-order valence-electron chi connectivity index (χ1n) is 32.3. The zero-order chi connectivity index (χ0) is 51.8. The van der Waals surface area contributed by atoms with E-state index < -0.39 is 6.10 Å². The molecule has 0 aliphatic carbocycles. The van der Waals surface area contributed by atoms with Crippen LogP contribution in [0.3, 0.4) is 0 Å². The van der Waals surface area contributed by atoms with Crippen molar-refractivity contribution in [1.82, 2.24) is 0 Å². The van der Waals surface area contributed by atoms with E-state index in [4.69, 9.17) is 14.2 Å². The summed E-state index contributed by atoms with van der Waals surface area (Å²) in [5.74, 6) is 0.903. The van der Waals surface area contributed by atoms with Crippen LogP contribution in [0.2, 0.25) is 0 Å². The first-order valence-corrected chi connectivity index (χ1v) is 32.3. The number of rotatable bonds is 59. The molecule has 0 N–H and O–H groups in total. The third-order valence-corrected chi connectivity index (χ3v) is 15.3. The molecule has 0 spiro atoms. The predicted octanol–water partition coefficient (Wildman–Crippen LogP) is 21.6. The van der Waals surface area contributed by atoms with E-state index in [0.29, 0.717) is 19.3 Å². The van der Waals surface area contributed by atoms with E-state index in [9.17, 15) is 14.4 Å². The molecule has 422 valence electrons. The number of carbonyl (C=O) groups is 3. The number of carbonyl (C=O) groups excluding carboxylic acids is 3. The molecule has 0 aromatic carbocycles. The molecule has 0 fully saturated rings. The van der Waals surface area contributed by atoms with Gasteiger partial charge in [-0.15, -0.1) is 0 Å². The third kappa shape index (κ3) is 57.5. The van der Waals surface area contributed by atoms with Crippen molar-refractivity contribution < 1.29 is 28.6 Å². The smallest absolute Gasteiger partial charge is 0.306 e. The molecule has 0 saturated carbocycles. The molecule has 0 amide bonds. The zero-order valence-corrected chi connectivity index (χ0v) is 48.9. The topological polar surface area (TPSA) is 78.9 Å². The van der Waals surface area contributed by atoms with Gasteiger partial charge in [0.2, 0.25) is 0 Å². The van der Waals surface area contributed by atoms with E-state index in [1.165, 1.54) is 257 Å². The van der Waals surface area contributed by atoms with Crippen molar-refractivity contribution in [1.29, 1.82) is 0 Å². The van der Waals surface area contributed by atoms with Gasteiger partial charge in [0, 0.05) is 19.3 Å². The molecule has 0 aliphatic rings. The summed E-state index contributed by atoms with van der Waals surface area (Å²) in [7, 11) is 0. The Labute approximate surface area is 444 Å². The molecule has 0 aromatic rings. The van der Waals surface area contributed by atoms with Gasteiger partial charge in [-0.25, -0.2) is 0 Å². The van der Waals surface area contributed by atoms with Crippen molar-refractivity contribution in [2.75, 3.05) is 13.2 Å². The largest absolute Gasteiger partial charge is 0.462 e. The maximum Gasteiger partial charge on any atom is 0.306 e. The maximum absolute atomic E-state index is 12.9. The van der Waals surface area contributed by atoms with Crippen LogP contribution in [-0.2, 0) is 28.6 Å². The summed E-state index contributed by atoms with van der Waals surface area (Å²) in [5, 5.41) is 0. The van der Waals surface area contributed by atoms with Gasteiger partial charge >= 0.3 is 17.9 Å². The van der Waals surface area contributed by atoms with Crippen LogP contribution in [0.5, 0.6) is 0 Å². The molecule has 0 radical (unpaired) electrons. The fraction of sp³-hybridized carbons (Fsp3) is 0.954. The molecule has 0 saturated heterocycles. The highest BCUT2D eigenvalue weighted by molar-refractivity contribution is 5.71. The summed E-state index contributed by atoms with van der Waals surface area (Å²) in [4.78, 5) is 38.3. The lowest BCUT2D eigenvalue weighted by atomic mass is 9.99. The minimum Gasteiger partial charge on any atom is -0.462 e. The lowest BCUT2D eigenvalue weighted by molar-refractivity contribution is -0.167. The predicted molar refractivity (Wildman–Crippen MR) is 307 cm³/mol. The van der Waals surface area contributed by atoms with Crippen molar-refractivity contribution in [3.05, 3.63) is 0 Å².